The molecule has 3 heterocycles. The first kappa shape index (κ1) is 17.7. The van der Waals surface area contributed by atoms with Gasteiger partial charge in [-0.2, -0.15) is 4.98 Å². The summed E-state index contributed by atoms with van der Waals surface area (Å²) in [5.41, 5.74) is 0.922. The summed E-state index contributed by atoms with van der Waals surface area (Å²) in [6, 6.07) is 7.66. The van der Waals surface area contributed by atoms with E-state index in [0.717, 1.165) is 49.9 Å². The highest BCUT2D eigenvalue weighted by atomic mass is 16.5. The van der Waals surface area contributed by atoms with Crippen LogP contribution in [0.3, 0.4) is 0 Å². The highest BCUT2D eigenvalue weighted by Gasteiger charge is 2.20. The SMILES string of the molecule is COc1ccc(-c2noc(CN3CCN(Cc4nccn4C)CC3)n2)cc1. The van der Waals surface area contributed by atoms with Gasteiger partial charge in [0, 0.05) is 51.2 Å². The molecule has 1 saturated heterocycles. The predicted molar refractivity (Wildman–Crippen MR) is 100 cm³/mol. The predicted octanol–water partition coefficient (Wildman–Crippen LogP) is 1.80. The van der Waals surface area contributed by atoms with Gasteiger partial charge < -0.3 is 13.8 Å². The van der Waals surface area contributed by atoms with Crippen molar-refractivity contribution in [1.29, 1.82) is 0 Å². The van der Waals surface area contributed by atoms with Crippen LogP contribution in [0.15, 0.2) is 41.2 Å². The number of imidazole rings is 1. The number of aryl methyl sites for hydroxylation is 1. The third-order valence-electron chi connectivity index (χ3n) is 4.93. The summed E-state index contributed by atoms with van der Waals surface area (Å²) < 4.78 is 12.7. The van der Waals surface area contributed by atoms with Gasteiger partial charge in [0.05, 0.1) is 20.2 Å². The summed E-state index contributed by atoms with van der Waals surface area (Å²) in [7, 11) is 3.69. The number of rotatable bonds is 6. The molecular formula is C19H24N6O2. The van der Waals surface area contributed by atoms with Crippen molar-refractivity contribution in [2.24, 2.45) is 7.05 Å². The maximum Gasteiger partial charge on any atom is 0.241 e. The van der Waals surface area contributed by atoms with Crippen LogP contribution in [0.4, 0.5) is 0 Å². The second-order valence-corrected chi connectivity index (χ2v) is 6.75. The highest BCUT2D eigenvalue weighted by Crippen LogP contribution is 2.20. The van der Waals surface area contributed by atoms with Crippen molar-refractivity contribution in [2.75, 3.05) is 33.3 Å². The molecule has 1 fully saturated rings. The number of nitrogens with zero attached hydrogens (tertiary/aromatic N) is 6. The summed E-state index contributed by atoms with van der Waals surface area (Å²) in [5, 5.41) is 4.11. The molecule has 0 saturated carbocycles. The number of benzene rings is 1. The number of methoxy groups -OCH3 is 1. The first-order chi connectivity index (χ1) is 13.2. The largest absolute Gasteiger partial charge is 0.497 e. The number of piperazine rings is 1. The third-order valence-corrected chi connectivity index (χ3v) is 4.93. The van der Waals surface area contributed by atoms with E-state index in [1.807, 2.05) is 43.7 Å². The van der Waals surface area contributed by atoms with E-state index in [1.54, 1.807) is 7.11 Å². The fourth-order valence-electron chi connectivity index (χ4n) is 3.22. The zero-order valence-corrected chi connectivity index (χ0v) is 15.7. The van der Waals surface area contributed by atoms with Crippen molar-refractivity contribution in [3.05, 3.63) is 48.4 Å². The van der Waals surface area contributed by atoms with Crippen LogP contribution in [0.1, 0.15) is 11.7 Å². The maximum absolute atomic E-state index is 5.45. The molecule has 8 nitrogen and oxygen atoms in total. The zero-order valence-electron chi connectivity index (χ0n) is 15.7. The molecule has 142 valence electrons. The number of ether oxygens (including phenoxy) is 1. The second-order valence-electron chi connectivity index (χ2n) is 6.75. The maximum atomic E-state index is 5.45. The Hall–Kier alpha value is -2.71. The van der Waals surface area contributed by atoms with Gasteiger partial charge in [0.2, 0.25) is 11.7 Å². The molecule has 0 amide bonds. The zero-order chi connectivity index (χ0) is 18.6. The Morgan fingerprint density at radius 2 is 1.74 bits per heavy atom. The molecule has 0 unspecified atom stereocenters. The molecular weight excluding hydrogens is 344 g/mol. The van der Waals surface area contributed by atoms with Gasteiger partial charge in [0.1, 0.15) is 11.6 Å². The minimum atomic E-state index is 0.612. The molecule has 2 aromatic heterocycles. The van der Waals surface area contributed by atoms with E-state index in [4.69, 9.17) is 9.26 Å². The quantitative estimate of drug-likeness (QED) is 0.657. The molecule has 0 aliphatic carbocycles. The van der Waals surface area contributed by atoms with Gasteiger partial charge in [-0.1, -0.05) is 5.16 Å². The molecule has 0 radical (unpaired) electrons. The monoisotopic (exact) mass is 368 g/mol. The lowest BCUT2D eigenvalue weighted by Crippen LogP contribution is -2.45. The van der Waals surface area contributed by atoms with E-state index >= 15 is 0 Å². The molecule has 0 bridgehead atoms. The molecule has 0 spiro atoms. The Kier molecular flexibility index (Phi) is 5.17. The molecule has 1 aromatic carbocycles. The summed E-state index contributed by atoms with van der Waals surface area (Å²) in [5.74, 6) is 3.18. The van der Waals surface area contributed by atoms with Crippen LogP contribution in [0.5, 0.6) is 5.75 Å². The van der Waals surface area contributed by atoms with Crippen LogP contribution in [-0.4, -0.2) is 62.8 Å². The Bertz CT molecular complexity index is 864. The van der Waals surface area contributed by atoms with Gasteiger partial charge >= 0.3 is 0 Å². The van der Waals surface area contributed by atoms with Crippen LogP contribution < -0.4 is 4.74 Å². The average molecular weight is 368 g/mol. The van der Waals surface area contributed by atoms with Crippen molar-refractivity contribution in [3.63, 3.8) is 0 Å². The van der Waals surface area contributed by atoms with Crippen molar-refractivity contribution in [3.8, 4) is 17.1 Å². The number of hydrogen-bond acceptors (Lipinski definition) is 7. The normalized spacial score (nSPS) is 15.9. The lowest BCUT2D eigenvalue weighted by Gasteiger charge is -2.33. The molecule has 1 aliphatic rings. The summed E-state index contributed by atoms with van der Waals surface area (Å²) in [4.78, 5) is 13.7. The Morgan fingerprint density at radius 1 is 1.04 bits per heavy atom. The Balaban J connectivity index is 1.30. The third kappa shape index (κ3) is 4.17. The van der Waals surface area contributed by atoms with Gasteiger partial charge in [-0.25, -0.2) is 4.98 Å². The Morgan fingerprint density at radius 3 is 2.37 bits per heavy atom. The van der Waals surface area contributed by atoms with Gasteiger partial charge in [-0.05, 0) is 24.3 Å². The summed E-state index contributed by atoms with van der Waals surface area (Å²) >= 11 is 0. The lowest BCUT2D eigenvalue weighted by molar-refractivity contribution is 0.109. The van der Waals surface area contributed by atoms with Gasteiger partial charge in [-0.15, -0.1) is 0 Å². The minimum absolute atomic E-state index is 0.612. The molecule has 27 heavy (non-hydrogen) atoms. The van der Waals surface area contributed by atoms with Crippen LogP contribution in [0.25, 0.3) is 11.4 Å². The van der Waals surface area contributed by atoms with E-state index in [-0.39, 0.29) is 0 Å². The van der Waals surface area contributed by atoms with Crippen molar-refractivity contribution < 1.29 is 9.26 Å². The van der Waals surface area contributed by atoms with E-state index in [1.165, 1.54) is 0 Å². The Labute approximate surface area is 158 Å². The standard InChI is InChI=1S/C19H24N6O2/c1-23-8-7-20-17(23)13-24-9-11-25(12-10-24)14-18-21-19(22-27-18)15-3-5-16(26-2)6-4-15/h3-8H,9-14H2,1-2H3. The highest BCUT2D eigenvalue weighted by molar-refractivity contribution is 5.55. The first-order valence-corrected chi connectivity index (χ1v) is 9.09. The average Bonchev–Trinajstić information content (AvgIpc) is 3.33. The van der Waals surface area contributed by atoms with Crippen LogP contribution in [0.2, 0.25) is 0 Å². The summed E-state index contributed by atoms with van der Waals surface area (Å²) in [6.45, 7) is 5.53. The molecule has 8 heteroatoms. The fraction of sp³-hybridized carbons (Fsp3) is 0.421. The van der Waals surface area contributed by atoms with E-state index in [2.05, 4.69) is 29.5 Å². The van der Waals surface area contributed by atoms with Gasteiger partial charge in [0.15, 0.2) is 0 Å². The van der Waals surface area contributed by atoms with Gasteiger partial charge in [-0.3, -0.25) is 9.80 Å². The number of hydrogen-bond donors (Lipinski definition) is 0. The summed E-state index contributed by atoms with van der Waals surface area (Å²) in [6.07, 6.45) is 3.84. The van der Waals surface area contributed by atoms with Crippen LogP contribution in [0, 0.1) is 0 Å². The van der Waals surface area contributed by atoms with Crippen molar-refractivity contribution in [1.82, 2.24) is 29.5 Å². The first-order valence-electron chi connectivity index (χ1n) is 9.09. The fourth-order valence-corrected chi connectivity index (χ4v) is 3.22. The molecule has 3 aromatic rings. The molecule has 0 atom stereocenters. The van der Waals surface area contributed by atoms with E-state index < -0.39 is 0 Å². The number of aromatic nitrogens is 4. The second kappa shape index (κ2) is 7.89. The smallest absolute Gasteiger partial charge is 0.241 e. The molecule has 1 aliphatic heterocycles. The molecule has 0 N–H and O–H groups in total. The van der Waals surface area contributed by atoms with Crippen LogP contribution in [-0.2, 0) is 20.1 Å². The van der Waals surface area contributed by atoms with Crippen molar-refractivity contribution >= 4 is 0 Å². The topological polar surface area (TPSA) is 72.5 Å². The lowest BCUT2D eigenvalue weighted by atomic mass is 10.2. The van der Waals surface area contributed by atoms with Crippen LogP contribution >= 0.6 is 0 Å². The minimum Gasteiger partial charge on any atom is -0.497 e. The van der Waals surface area contributed by atoms with E-state index in [0.29, 0.717) is 18.3 Å². The van der Waals surface area contributed by atoms with Gasteiger partial charge in [0.25, 0.3) is 0 Å². The molecule has 4 rings (SSSR count). The van der Waals surface area contributed by atoms with E-state index in [9.17, 15) is 0 Å². The van der Waals surface area contributed by atoms with Crippen molar-refractivity contribution in [2.45, 2.75) is 13.1 Å².